The van der Waals surface area contributed by atoms with Crippen molar-refractivity contribution in [2.24, 2.45) is 5.92 Å². The minimum atomic E-state index is -0.449. The Bertz CT molecular complexity index is 474. The number of hydrogen-bond donors (Lipinski definition) is 1. The minimum Gasteiger partial charge on any atom is -0.506 e. The molecule has 0 saturated carbocycles. The third-order valence-electron chi connectivity index (χ3n) is 2.47. The molecule has 0 aliphatic heterocycles. The maximum absolute atomic E-state index is 12.3. The molecule has 0 bridgehead atoms. The number of esters is 1. The van der Waals surface area contributed by atoms with E-state index in [1.165, 1.54) is 23.4 Å². The SMILES string of the molecule is CCOC(=O)CN(CC(C)C)C(=O)c1cncc(O)c1. The Morgan fingerprint density at radius 1 is 1.40 bits per heavy atom. The quantitative estimate of drug-likeness (QED) is 0.798. The van der Waals surface area contributed by atoms with Gasteiger partial charge in [0.25, 0.3) is 5.91 Å². The highest BCUT2D eigenvalue weighted by Gasteiger charge is 2.21. The van der Waals surface area contributed by atoms with Crippen LogP contribution in [0.4, 0.5) is 0 Å². The number of pyridine rings is 1. The molecule has 1 aromatic heterocycles. The van der Waals surface area contributed by atoms with Crippen LogP contribution in [0.1, 0.15) is 31.1 Å². The lowest BCUT2D eigenvalue weighted by Crippen LogP contribution is -2.39. The largest absolute Gasteiger partial charge is 0.506 e. The number of carbonyl (C=O) groups is 2. The lowest BCUT2D eigenvalue weighted by Gasteiger charge is -2.23. The molecule has 1 heterocycles. The molecule has 0 aromatic carbocycles. The van der Waals surface area contributed by atoms with Crippen LogP contribution in [0.2, 0.25) is 0 Å². The normalized spacial score (nSPS) is 10.4. The van der Waals surface area contributed by atoms with E-state index in [1.807, 2.05) is 13.8 Å². The molecular weight excluding hydrogens is 260 g/mol. The first kappa shape index (κ1) is 15.9. The van der Waals surface area contributed by atoms with E-state index in [4.69, 9.17) is 4.74 Å². The Hall–Kier alpha value is -2.11. The van der Waals surface area contributed by atoms with Gasteiger partial charge < -0.3 is 14.7 Å². The van der Waals surface area contributed by atoms with Crippen LogP contribution in [-0.2, 0) is 9.53 Å². The zero-order valence-corrected chi connectivity index (χ0v) is 12.0. The van der Waals surface area contributed by atoms with Crippen LogP contribution < -0.4 is 0 Å². The Balaban J connectivity index is 2.86. The molecule has 6 nitrogen and oxygen atoms in total. The van der Waals surface area contributed by atoms with E-state index >= 15 is 0 Å². The first-order valence-corrected chi connectivity index (χ1v) is 6.53. The Kier molecular flexibility index (Phi) is 5.96. The summed E-state index contributed by atoms with van der Waals surface area (Å²) in [4.78, 5) is 29.1. The summed E-state index contributed by atoms with van der Waals surface area (Å²) in [5, 5.41) is 9.37. The third kappa shape index (κ3) is 4.87. The molecule has 0 fully saturated rings. The fourth-order valence-corrected chi connectivity index (χ4v) is 1.75. The molecule has 0 unspecified atom stereocenters. The number of amides is 1. The molecule has 0 saturated heterocycles. The van der Waals surface area contributed by atoms with Crippen LogP contribution in [0.3, 0.4) is 0 Å². The average Bonchev–Trinajstić information content (AvgIpc) is 2.37. The number of ether oxygens (including phenoxy) is 1. The Labute approximate surface area is 118 Å². The molecule has 0 spiro atoms. The lowest BCUT2D eigenvalue weighted by molar-refractivity contribution is -0.143. The minimum absolute atomic E-state index is 0.0866. The van der Waals surface area contributed by atoms with E-state index in [9.17, 15) is 14.7 Å². The van der Waals surface area contributed by atoms with Gasteiger partial charge in [-0.25, -0.2) is 0 Å². The molecule has 20 heavy (non-hydrogen) atoms. The predicted octanol–water partition coefficient (Wildman–Crippen LogP) is 1.45. The van der Waals surface area contributed by atoms with Gasteiger partial charge in [0.2, 0.25) is 0 Å². The predicted molar refractivity (Wildman–Crippen MR) is 73.3 cm³/mol. The summed E-state index contributed by atoms with van der Waals surface area (Å²) in [6.45, 7) is 6.20. The van der Waals surface area contributed by atoms with Crippen LogP contribution in [0, 0.1) is 5.92 Å². The fraction of sp³-hybridized carbons (Fsp3) is 0.500. The topological polar surface area (TPSA) is 79.7 Å². The van der Waals surface area contributed by atoms with Gasteiger partial charge in [-0.15, -0.1) is 0 Å². The van der Waals surface area contributed by atoms with Crippen LogP contribution in [-0.4, -0.2) is 46.6 Å². The van der Waals surface area contributed by atoms with Gasteiger partial charge in [-0.1, -0.05) is 13.8 Å². The van der Waals surface area contributed by atoms with Crippen molar-refractivity contribution in [2.75, 3.05) is 19.7 Å². The van der Waals surface area contributed by atoms with Gasteiger partial charge >= 0.3 is 5.97 Å². The maximum Gasteiger partial charge on any atom is 0.325 e. The highest BCUT2D eigenvalue weighted by Crippen LogP contribution is 2.12. The van der Waals surface area contributed by atoms with E-state index in [0.29, 0.717) is 6.54 Å². The lowest BCUT2D eigenvalue weighted by atomic mass is 10.1. The maximum atomic E-state index is 12.3. The number of nitrogens with zero attached hydrogens (tertiary/aromatic N) is 2. The molecule has 0 aliphatic carbocycles. The highest BCUT2D eigenvalue weighted by atomic mass is 16.5. The van der Waals surface area contributed by atoms with E-state index in [2.05, 4.69) is 4.98 Å². The van der Waals surface area contributed by atoms with Crippen molar-refractivity contribution in [3.63, 3.8) is 0 Å². The second kappa shape index (κ2) is 7.47. The third-order valence-corrected chi connectivity index (χ3v) is 2.47. The zero-order valence-electron chi connectivity index (χ0n) is 12.0. The summed E-state index contributed by atoms with van der Waals surface area (Å²) in [5.41, 5.74) is 0.245. The van der Waals surface area contributed by atoms with Crippen molar-refractivity contribution >= 4 is 11.9 Å². The number of aromatic hydroxyl groups is 1. The van der Waals surface area contributed by atoms with Crippen LogP contribution in [0.5, 0.6) is 5.75 Å². The fourth-order valence-electron chi connectivity index (χ4n) is 1.75. The molecule has 0 atom stereocenters. The summed E-state index contributed by atoms with van der Waals surface area (Å²) in [6, 6.07) is 1.33. The van der Waals surface area contributed by atoms with Gasteiger partial charge in [0, 0.05) is 12.7 Å². The standard InChI is InChI=1S/C14H20N2O4/c1-4-20-13(18)9-16(8-10(2)3)14(19)11-5-12(17)7-15-6-11/h5-7,10,17H,4,8-9H2,1-3H3. The molecule has 1 rings (SSSR count). The van der Waals surface area contributed by atoms with Crippen molar-refractivity contribution in [1.82, 2.24) is 9.88 Å². The zero-order chi connectivity index (χ0) is 15.1. The van der Waals surface area contributed by atoms with E-state index < -0.39 is 5.97 Å². The second-order valence-corrected chi connectivity index (χ2v) is 4.82. The summed E-state index contributed by atoms with van der Waals surface area (Å²) in [6.07, 6.45) is 2.61. The van der Waals surface area contributed by atoms with Crippen molar-refractivity contribution in [3.8, 4) is 5.75 Å². The summed E-state index contributed by atoms with van der Waals surface area (Å²) in [5.74, 6) is -0.681. The Morgan fingerprint density at radius 2 is 2.10 bits per heavy atom. The van der Waals surface area contributed by atoms with Gasteiger partial charge in [0.05, 0.1) is 18.4 Å². The van der Waals surface area contributed by atoms with E-state index in [0.717, 1.165) is 0 Å². The highest BCUT2D eigenvalue weighted by molar-refractivity contribution is 5.96. The monoisotopic (exact) mass is 280 g/mol. The van der Waals surface area contributed by atoms with Crippen molar-refractivity contribution in [1.29, 1.82) is 0 Å². The summed E-state index contributed by atoms with van der Waals surface area (Å²) >= 11 is 0. The van der Waals surface area contributed by atoms with Crippen molar-refractivity contribution in [3.05, 3.63) is 24.0 Å². The van der Waals surface area contributed by atoms with Crippen molar-refractivity contribution < 1.29 is 19.4 Å². The van der Waals surface area contributed by atoms with E-state index in [-0.39, 0.29) is 36.3 Å². The van der Waals surface area contributed by atoms with E-state index in [1.54, 1.807) is 6.92 Å². The molecule has 0 radical (unpaired) electrons. The molecule has 110 valence electrons. The second-order valence-electron chi connectivity index (χ2n) is 4.82. The van der Waals surface area contributed by atoms with Gasteiger partial charge in [0.15, 0.2) is 0 Å². The molecule has 6 heteroatoms. The number of aromatic nitrogens is 1. The molecule has 1 amide bonds. The molecular formula is C14H20N2O4. The first-order chi connectivity index (χ1) is 9.43. The van der Waals surface area contributed by atoms with Crippen LogP contribution in [0.25, 0.3) is 0 Å². The Morgan fingerprint density at radius 3 is 2.65 bits per heavy atom. The molecule has 0 aliphatic rings. The van der Waals surface area contributed by atoms with Crippen LogP contribution in [0.15, 0.2) is 18.5 Å². The van der Waals surface area contributed by atoms with Gasteiger partial charge in [-0.2, -0.15) is 0 Å². The summed E-state index contributed by atoms with van der Waals surface area (Å²) in [7, 11) is 0. The number of carbonyl (C=O) groups excluding carboxylic acids is 2. The van der Waals surface area contributed by atoms with Crippen LogP contribution >= 0.6 is 0 Å². The van der Waals surface area contributed by atoms with Gasteiger partial charge in [0.1, 0.15) is 12.3 Å². The molecule has 1 aromatic rings. The van der Waals surface area contributed by atoms with Gasteiger partial charge in [-0.3, -0.25) is 14.6 Å². The number of rotatable bonds is 6. The van der Waals surface area contributed by atoms with Crippen molar-refractivity contribution in [2.45, 2.75) is 20.8 Å². The number of hydrogen-bond acceptors (Lipinski definition) is 5. The smallest absolute Gasteiger partial charge is 0.325 e. The summed E-state index contributed by atoms with van der Waals surface area (Å²) < 4.78 is 4.87. The first-order valence-electron chi connectivity index (χ1n) is 6.53. The molecule has 1 N–H and O–H groups in total. The van der Waals surface area contributed by atoms with Gasteiger partial charge in [-0.05, 0) is 18.9 Å². The average molecular weight is 280 g/mol.